The van der Waals surface area contributed by atoms with Crippen LogP contribution in [0, 0.1) is 0 Å². The number of halogens is 3. The van der Waals surface area contributed by atoms with Crippen molar-refractivity contribution in [2.75, 3.05) is 24.6 Å². The predicted octanol–water partition coefficient (Wildman–Crippen LogP) is 1.29. The highest BCUT2D eigenvalue weighted by Gasteiger charge is 2.40. The van der Waals surface area contributed by atoms with E-state index < -0.39 is 28.9 Å². The first-order valence-corrected chi connectivity index (χ1v) is 9.16. The van der Waals surface area contributed by atoms with Gasteiger partial charge in [-0.15, -0.1) is 0 Å². The number of ether oxygens (including phenoxy) is 1. The highest BCUT2D eigenvalue weighted by molar-refractivity contribution is 7.89. The maximum Gasteiger partial charge on any atom is 0.411 e. The summed E-state index contributed by atoms with van der Waals surface area (Å²) < 4.78 is 66.7. The van der Waals surface area contributed by atoms with Crippen LogP contribution in [0.2, 0.25) is 0 Å². The zero-order chi connectivity index (χ0) is 19.1. The molecule has 0 radical (unpaired) electrons. The van der Waals surface area contributed by atoms with Gasteiger partial charge < -0.3 is 4.74 Å². The monoisotopic (exact) mass is 392 g/mol. The summed E-state index contributed by atoms with van der Waals surface area (Å²) in [5.41, 5.74) is 0.284. The van der Waals surface area contributed by atoms with Crippen LogP contribution in [0.4, 0.5) is 18.9 Å². The fraction of sp³-hybridized carbons (Fsp3) is 0.467. The second kappa shape index (κ2) is 6.63. The Hall–Kier alpha value is -1.98. The fourth-order valence-electron chi connectivity index (χ4n) is 2.70. The van der Waals surface area contributed by atoms with E-state index in [0.717, 1.165) is 9.21 Å². The Bertz CT molecular complexity index is 801. The van der Waals surface area contributed by atoms with Crippen molar-refractivity contribution in [2.45, 2.75) is 30.0 Å². The first kappa shape index (κ1) is 18.8. The third kappa shape index (κ3) is 3.74. The van der Waals surface area contributed by atoms with Crippen LogP contribution >= 0.6 is 0 Å². The molecule has 7 nitrogen and oxygen atoms in total. The van der Waals surface area contributed by atoms with Crippen molar-refractivity contribution in [1.29, 1.82) is 0 Å². The van der Waals surface area contributed by atoms with Crippen LogP contribution < -0.4 is 4.90 Å². The van der Waals surface area contributed by atoms with Crippen LogP contribution in [0.25, 0.3) is 0 Å². The van der Waals surface area contributed by atoms with Gasteiger partial charge in [-0.05, 0) is 24.3 Å². The lowest BCUT2D eigenvalue weighted by Crippen LogP contribution is -2.55. The molecule has 2 amide bonds. The first-order valence-electron chi connectivity index (χ1n) is 7.72. The van der Waals surface area contributed by atoms with Crippen molar-refractivity contribution in [3.05, 3.63) is 24.3 Å². The van der Waals surface area contributed by atoms with Crippen molar-refractivity contribution in [3.8, 4) is 0 Å². The fourth-order valence-corrected chi connectivity index (χ4v) is 4.20. The van der Waals surface area contributed by atoms with Gasteiger partial charge in [-0.1, -0.05) is 0 Å². The largest absolute Gasteiger partial charge is 0.411 e. The van der Waals surface area contributed by atoms with Crippen LogP contribution in [0.1, 0.15) is 12.8 Å². The van der Waals surface area contributed by atoms with E-state index in [1.54, 1.807) is 0 Å². The number of nitrogens with zero attached hydrogens (tertiary/aromatic N) is 2. The molecule has 2 aliphatic heterocycles. The van der Waals surface area contributed by atoms with E-state index in [4.69, 9.17) is 0 Å². The van der Waals surface area contributed by atoms with Gasteiger partial charge >= 0.3 is 6.18 Å². The van der Waals surface area contributed by atoms with Crippen LogP contribution in [0.3, 0.4) is 0 Å². The number of sulfonamides is 1. The first-order chi connectivity index (χ1) is 12.1. The third-order valence-corrected chi connectivity index (χ3v) is 5.93. The smallest absolute Gasteiger partial charge is 0.366 e. The highest BCUT2D eigenvalue weighted by atomic mass is 32.2. The molecule has 0 unspecified atom stereocenters. The minimum Gasteiger partial charge on any atom is -0.366 e. The Morgan fingerprint density at radius 1 is 1.04 bits per heavy atom. The average Bonchev–Trinajstić information content (AvgIpc) is 2.83. The summed E-state index contributed by atoms with van der Waals surface area (Å²) in [5.74, 6) is -0.698. The van der Waals surface area contributed by atoms with Crippen molar-refractivity contribution in [3.63, 3.8) is 0 Å². The topological polar surface area (TPSA) is 84.0 Å². The molecule has 142 valence electrons. The van der Waals surface area contributed by atoms with Crippen LogP contribution in [0.15, 0.2) is 29.2 Å². The summed E-state index contributed by atoms with van der Waals surface area (Å²) >= 11 is 0. The van der Waals surface area contributed by atoms with Crippen LogP contribution in [0.5, 0.6) is 0 Å². The molecule has 3 rings (SSSR count). The molecular formula is C15H15F3N2O5S. The molecule has 0 aromatic heterocycles. The third-order valence-electron chi connectivity index (χ3n) is 4.08. The molecular weight excluding hydrogens is 377 g/mol. The van der Waals surface area contributed by atoms with Gasteiger partial charge in [0.2, 0.25) is 21.8 Å². The molecule has 0 saturated carbocycles. The predicted molar refractivity (Wildman–Crippen MR) is 82.7 cm³/mol. The Morgan fingerprint density at radius 2 is 1.58 bits per heavy atom. The lowest BCUT2D eigenvalue weighted by atomic mass is 10.2. The second-order valence-corrected chi connectivity index (χ2v) is 7.92. The Kier molecular flexibility index (Phi) is 4.80. The maximum absolute atomic E-state index is 12.4. The Morgan fingerprint density at radius 3 is 2.08 bits per heavy atom. The number of carbonyl (C=O) groups is 2. The zero-order valence-electron chi connectivity index (χ0n) is 13.4. The quantitative estimate of drug-likeness (QED) is 0.705. The van der Waals surface area contributed by atoms with Gasteiger partial charge in [0.25, 0.3) is 0 Å². The summed E-state index contributed by atoms with van der Waals surface area (Å²) in [4.78, 5) is 24.3. The van der Waals surface area contributed by atoms with Gasteiger partial charge in [-0.25, -0.2) is 8.42 Å². The Balaban J connectivity index is 1.64. The molecule has 2 aliphatic rings. The van der Waals surface area contributed by atoms with Crippen LogP contribution in [-0.2, 0) is 24.3 Å². The number of benzene rings is 1. The number of rotatable bonds is 5. The maximum atomic E-state index is 12.4. The van der Waals surface area contributed by atoms with Crippen molar-refractivity contribution >= 4 is 27.5 Å². The summed E-state index contributed by atoms with van der Waals surface area (Å²) in [6.45, 7) is -1.75. The van der Waals surface area contributed by atoms with Gasteiger partial charge in [-0.3, -0.25) is 14.5 Å². The normalized spacial score (nSPS) is 19.9. The van der Waals surface area contributed by atoms with Crippen molar-refractivity contribution in [2.24, 2.45) is 0 Å². The molecule has 0 bridgehead atoms. The lowest BCUT2D eigenvalue weighted by molar-refractivity contribution is -0.194. The second-order valence-electron chi connectivity index (χ2n) is 5.99. The summed E-state index contributed by atoms with van der Waals surface area (Å²) in [6.07, 6.45) is -5.03. The SMILES string of the molecule is O=C1CCC(=O)N1c1ccc(S(=O)(=O)N2CC(OCC(F)(F)F)C2)cc1. The summed E-state index contributed by atoms with van der Waals surface area (Å²) in [6, 6.07) is 5.22. The van der Waals surface area contributed by atoms with Gasteiger partial charge in [0.15, 0.2) is 0 Å². The lowest BCUT2D eigenvalue weighted by Gasteiger charge is -2.37. The molecule has 0 aliphatic carbocycles. The van der Waals surface area contributed by atoms with Crippen molar-refractivity contribution in [1.82, 2.24) is 4.31 Å². The van der Waals surface area contributed by atoms with Gasteiger partial charge in [0.05, 0.1) is 16.7 Å². The number of carbonyl (C=O) groups excluding carboxylic acids is 2. The molecule has 0 spiro atoms. The van der Waals surface area contributed by atoms with E-state index in [2.05, 4.69) is 4.74 Å². The van der Waals surface area contributed by atoms with E-state index in [1.165, 1.54) is 24.3 Å². The standard InChI is InChI=1S/C15H15F3N2O5S/c16-15(17,18)9-25-11-7-19(8-11)26(23,24)12-3-1-10(2-4-12)20-13(21)5-6-14(20)22/h1-4,11H,5-9H2. The van der Waals surface area contributed by atoms with E-state index >= 15 is 0 Å². The van der Waals surface area contributed by atoms with E-state index in [0.29, 0.717) is 0 Å². The molecule has 11 heteroatoms. The molecule has 0 N–H and O–H groups in total. The molecule has 2 fully saturated rings. The van der Waals surface area contributed by atoms with E-state index in [-0.39, 0.29) is 48.3 Å². The number of hydrogen-bond acceptors (Lipinski definition) is 5. The Labute approximate surface area is 147 Å². The number of imide groups is 1. The van der Waals surface area contributed by atoms with Gasteiger partial charge in [-0.2, -0.15) is 17.5 Å². The zero-order valence-corrected chi connectivity index (χ0v) is 14.2. The van der Waals surface area contributed by atoms with Crippen LogP contribution in [-0.4, -0.2) is 56.5 Å². The van der Waals surface area contributed by atoms with E-state index in [1.807, 2.05) is 0 Å². The molecule has 26 heavy (non-hydrogen) atoms. The number of alkyl halides is 3. The molecule has 1 aromatic rings. The molecule has 2 heterocycles. The van der Waals surface area contributed by atoms with Crippen molar-refractivity contribution < 1.29 is 35.9 Å². The summed E-state index contributed by atoms with van der Waals surface area (Å²) in [5, 5.41) is 0. The average molecular weight is 392 g/mol. The minimum atomic E-state index is -4.46. The summed E-state index contributed by atoms with van der Waals surface area (Å²) in [7, 11) is -3.87. The minimum absolute atomic E-state index is 0.0744. The number of anilines is 1. The molecule has 1 aromatic carbocycles. The number of amides is 2. The highest BCUT2D eigenvalue weighted by Crippen LogP contribution is 2.28. The van der Waals surface area contributed by atoms with Gasteiger partial charge in [0.1, 0.15) is 6.61 Å². The van der Waals surface area contributed by atoms with Gasteiger partial charge in [0, 0.05) is 25.9 Å². The van der Waals surface area contributed by atoms with E-state index in [9.17, 15) is 31.2 Å². The molecule has 0 atom stereocenters. The number of hydrogen-bond donors (Lipinski definition) is 0. The molecule has 2 saturated heterocycles.